The summed E-state index contributed by atoms with van der Waals surface area (Å²) in [5.41, 5.74) is 6.94. The molecule has 0 saturated carbocycles. The summed E-state index contributed by atoms with van der Waals surface area (Å²) in [5.74, 6) is 0.511. The van der Waals surface area contributed by atoms with Gasteiger partial charge in [0, 0.05) is 24.9 Å². The molecule has 5 nitrogen and oxygen atoms in total. The maximum absolute atomic E-state index is 12.0. The molecule has 0 spiro atoms. The van der Waals surface area contributed by atoms with E-state index in [2.05, 4.69) is 0 Å². The zero-order valence-corrected chi connectivity index (χ0v) is 11.8. The van der Waals surface area contributed by atoms with E-state index in [-0.39, 0.29) is 24.3 Å². The van der Waals surface area contributed by atoms with Crippen molar-refractivity contribution >= 4 is 11.8 Å². The maximum Gasteiger partial charge on any atom is 0.229 e. The Morgan fingerprint density at radius 1 is 1.30 bits per heavy atom. The van der Waals surface area contributed by atoms with Crippen LogP contribution < -0.4 is 10.5 Å². The van der Waals surface area contributed by atoms with Crippen molar-refractivity contribution in [3.05, 3.63) is 29.8 Å². The predicted octanol–water partition coefficient (Wildman–Crippen LogP) is 1.48. The standard InChI is InChI=1S/C15H20N2O3/c1-10-7-14(18)17(15(19)8-10)9-12(16)11-5-3-4-6-13(11)20-2/h3-6,10,12H,7-9,16H2,1-2H3. The van der Waals surface area contributed by atoms with Gasteiger partial charge in [-0.25, -0.2) is 0 Å². The highest BCUT2D eigenvalue weighted by Crippen LogP contribution is 2.26. The van der Waals surface area contributed by atoms with E-state index in [1.807, 2.05) is 31.2 Å². The molecule has 1 atom stereocenters. The number of likely N-dealkylation sites (tertiary alicyclic amines) is 1. The van der Waals surface area contributed by atoms with Crippen LogP contribution in [0.2, 0.25) is 0 Å². The highest BCUT2D eigenvalue weighted by molar-refractivity contribution is 5.97. The van der Waals surface area contributed by atoms with Crippen LogP contribution in [-0.4, -0.2) is 30.4 Å². The number of imide groups is 1. The number of methoxy groups -OCH3 is 1. The van der Waals surface area contributed by atoms with E-state index in [9.17, 15) is 9.59 Å². The van der Waals surface area contributed by atoms with Crippen LogP contribution >= 0.6 is 0 Å². The summed E-state index contributed by atoms with van der Waals surface area (Å²) in [6.45, 7) is 2.11. The van der Waals surface area contributed by atoms with Gasteiger partial charge in [0.05, 0.1) is 13.2 Å². The predicted molar refractivity (Wildman–Crippen MR) is 75.0 cm³/mol. The molecule has 1 aliphatic heterocycles. The second-order valence-corrected chi connectivity index (χ2v) is 5.26. The van der Waals surface area contributed by atoms with Crippen molar-refractivity contribution in [2.45, 2.75) is 25.8 Å². The lowest BCUT2D eigenvalue weighted by molar-refractivity contribution is -0.150. The van der Waals surface area contributed by atoms with Crippen molar-refractivity contribution in [1.82, 2.24) is 4.90 Å². The van der Waals surface area contributed by atoms with Crippen molar-refractivity contribution < 1.29 is 14.3 Å². The minimum atomic E-state index is -0.438. The average molecular weight is 276 g/mol. The fourth-order valence-electron chi connectivity index (χ4n) is 2.50. The molecule has 0 radical (unpaired) electrons. The molecule has 20 heavy (non-hydrogen) atoms. The van der Waals surface area contributed by atoms with Crippen LogP contribution in [0.4, 0.5) is 0 Å². The molecule has 2 rings (SSSR count). The average Bonchev–Trinajstić information content (AvgIpc) is 2.42. The minimum absolute atomic E-state index is 0.119. The molecule has 0 aromatic heterocycles. The first-order valence-corrected chi connectivity index (χ1v) is 6.74. The zero-order chi connectivity index (χ0) is 14.7. The number of rotatable bonds is 4. The van der Waals surface area contributed by atoms with Gasteiger partial charge >= 0.3 is 0 Å². The Bertz CT molecular complexity index is 498. The molecule has 1 aromatic rings. The van der Waals surface area contributed by atoms with Crippen LogP contribution in [0, 0.1) is 5.92 Å². The number of carbonyl (C=O) groups excluding carboxylic acids is 2. The van der Waals surface area contributed by atoms with Crippen molar-refractivity contribution in [2.75, 3.05) is 13.7 Å². The van der Waals surface area contributed by atoms with Gasteiger partial charge in [0.2, 0.25) is 11.8 Å². The molecule has 108 valence electrons. The van der Waals surface area contributed by atoms with Gasteiger partial charge in [0.25, 0.3) is 0 Å². The molecule has 0 aliphatic carbocycles. The monoisotopic (exact) mass is 276 g/mol. The van der Waals surface area contributed by atoms with Crippen LogP contribution in [0.25, 0.3) is 0 Å². The minimum Gasteiger partial charge on any atom is -0.496 e. The molecule has 1 aromatic carbocycles. The van der Waals surface area contributed by atoms with Crippen molar-refractivity contribution in [3.63, 3.8) is 0 Å². The van der Waals surface area contributed by atoms with Gasteiger partial charge in [-0.05, 0) is 12.0 Å². The Hall–Kier alpha value is -1.88. The lowest BCUT2D eigenvalue weighted by atomic mass is 9.96. The van der Waals surface area contributed by atoms with E-state index in [1.165, 1.54) is 4.90 Å². The molecule has 5 heteroatoms. The summed E-state index contributed by atoms with van der Waals surface area (Å²) < 4.78 is 5.26. The van der Waals surface area contributed by atoms with Crippen molar-refractivity contribution in [1.29, 1.82) is 0 Å². The summed E-state index contributed by atoms with van der Waals surface area (Å²) in [4.78, 5) is 25.2. The number of amides is 2. The maximum atomic E-state index is 12.0. The quantitative estimate of drug-likeness (QED) is 0.845. The summed E-state index contributed by atoms with van der Waals surface area (Å²) in [6, 6.07) is 6.95. The number of hydrogen-bond acceptors (Lipinski definition) is 4. The number of benzene rings is 1. The fraction of sp³-hybridized carbons (Fsp3) is 0.467. The first kappa shape index (κ1) is 14.5. The van der Waals surface area contributed by atoms with Gasteiger partial charge in [-0.15, -0.1) is 0 Å². The van der Waals surface area contributed by atoms with Gasteiger partial charge < -0.3 is 10.5 Å². The third-order valence-electron chi connectivity index (χ3n) is 3.57. The fourth-order valence-corrected chi connectivity index (χ4v) is 2.50. The molecule has 0 bridgehead atoms. The molecule has 1 unspecified atom stereocenters. The van der Waals surface area contributed by atoms with E-state index in [0.29, 0.717) is 18.6 Å². The first-order valence-electron chi connectivity index (χ1n) is 6.74. The molecule has 1 heterocycles. The Balaban J connectivity index is 2.13. The van der Waals surface area contributed by atoms with Gasteiger partial charge in [0.15, 0.2) is 0 Å². The van der Waals surface area contributed by atoms with E-state index in [0.717, 1.165) is 5.56 Å². The Morgan fingerprint density at radius 2 is 1.90 bits per heavy atom. The molecular formula is C15H20N2O3. The molecule has 2 N–H and O–H groups in total. The van der Waals surface area contributed by atoms with E-state index in [1.54, 1.807) is 7.11 Å². The van der Waals surface area contributed by atoms with Gasteiger partial charge in [-0.3, -0.25) is 14.5 Å². The third-order valence-corrected chi connectivity index (χ3v) is 3.57. The smallest absolute Gasteiger partial charge is 0.229 e. The number of nitrogens with zero attached hydrogens (tertiary/aromatic N) is 1. The lowest BCUT2D eigenvalue weighted by Crippen LogP contribution is -2.46. The van der Waals surface area contributed by atoms with Crippen LogP contribution in [0.3, 0.4) is 0 Å². The van der Waals surface area contributed by atoms with Crippen LogP contribution in [-0.2, 0) is 9.59 Å². The second-order valence-electron chi connectivity index (χ2n) is 5.26. The summed E-state index contributed by atoms with van der Waals surface area (Å²) in [6.07, 6.45) is 0.814. The SMILES string of the molecule is COc1ccccc1C(N)CN1C(=O)CC(C)CC1=O. The number of ether oxygens (including phenoxy) is 1. The highest BCUT2D eigenvalue weighted by atomic mass is 16.5. The second kappa shape index (κ2) is 6.05. The Labute approximate surface area is 118 Å². The van der Waals surface area contributed by atoms with Crippen molar-refractivity contribution in [3.8, 4) is 5.75 Å². The van der Waals surface area contributed by atoms with Crippen LogP contribution in [0.5, 0.6) is 5.75 Å². The van der Waals surface area contributed by atoms with Crippen LogP contribution in [0.15, 0.2) is 24.3 Å². The third kappa shape index (κ3) is 2.99. The first-order chi connectivity index (χ1) is 9.52. The zero-order valence-electron chi connectivity index (χ0n) is 11.8. The topological polar surface area (TPSA) is 72.6 Å². The number of carbonyl (C=O) groups is 2. The summed E-state index contributed by atoms with van der Waals surface area (Å²) in [7, 11) is 1.57. The van der Waals surface area contributed by atoms with E-state index < -0.39 is 6.04 Å². The lowest BCUT2D eigenvalue weighted by Gasteiger charge is -2.30. The van der Waals surface area contributed by atoms with E-state index in [4.69, 9.17) is 10.5 Å². The number of nitrogens with two attached hydrogens (primary N) is 1. The Morgan fingerprint density at radius 3 is 2.50 bits per heavy atom. The van der Waals surface area contributed by atoms with Gasteiger partial charge in [-0.2, -0.15) is 0 Å². The van der Waals surface area contributed by atoms with E-state index >= 15 is 0 Å². The summed E-state index contributed by atoms with van der Waals surface area (Å²) >= 11 is 0. The van der Waals surface area contributed by atoms with Crippen LogP contribution in [0.1, 0.15) is 31.4 Å². The largest absolute Gasteiger partial charge is 0.496 e. The Kier molecular flexibility index (Phi) is 4.39. The number of para-hydroxylation sites is 1. The number of hydrogen-bond donors (Lipinski definition) is 1. The van der Waals surface area contributed by atoms with Crippen molar-refractivity contribution in [2.24, 2.45) is 11.7 Å². The highest BCUT2D eigenvalue weighted by Gasteiger charge is 2.31. The molecular weight excluding hydrogens is 256 g/mol. The molecule has 1 fully saturated rings. The normalized spacial score (nSPS) is 18.2. The molecule has 1 aliphatic rings. The number of piperidine rings is 1. The molecule has 2 amide bonds. The molecule has 1 saturated heterocycles. The van der Waals surface area contributed by atoms with Gasteiger partial charge in [-0.1, -0.05) is 25.1 Å². The van der Waals surface area contributed by atoms with Gasteiger partial charge in [0.1, 0.15) is 5.75 Å². The summed E-state index contributed by atoms with van der Waals surface area (Å²) in [5, 5.41) is 0.